The molecule has 0 bridgehead atoms. The molecule has 2 aromatic carbocycles. The minimum atomic E-state index is -0.951. The maximum Gasteiger partial charge on any atom is 0.198 e. The molecule has 0 fully saturated rings. The number of rotatable bonds is 3. The third-order valence-corrected chi connectivity index (χ3v) is 3.24. The Hall–Kier alpha value is -1.60. The fourth-order valence-electron chi connectivity index (χ4n) is 1.46. The Morgan fingerprint density at radius 3 is 2.15 bits per heavy atom. The van der Waals surface area contributed by atoms with Gasteiger partial charge in [-0.1, -0.05) is 12.2 Å². The van der Waals surface area contributed by atoms with E-state index in [4.69, 9.17) is 10.5 Å². The summed E-state index contributed by atoms with van der Waals surface area (Å²) in [6.07, 6.45) is 0. The van der Waals surface area contributed by atoms with Gasteiger partial charge in [-0.15, -0.1) is 0 Å². The van der Waals surface area contributed by atoms with E-state index in [9.17, 15) is 13.2 Å². The molecule has 0 saturated carbocycles. The number of nitrogens with two attached hydrogens (primary N) is 1. The highest BCUT2D eigenvalue weighted by atomic mass is 79.9. The summed E-state index contributed by atoms with van der Waals surface area (Å²) in [5, 5.41) is 0. The SMILES string of the molecule is NC(=S)c1cc(F)c(Oc2ccc(F)c(Br)c2)c(F)c1. The van der Waals surface area contributed by atoms with E-state index in [1.54, 1.807) is 0 Å². The highest BCUT2D eigenvalue weighted by molar-refractivity contribution is 9.10. The second-order valence-corrected chi connectivity index (χ2v) is 5.11. The van der Waals surface area contributed by atoms with E-state index >= 15 is 0 Å². The molecule has 7 heteroatoms. The van der Waals surface area contributed by atoms with Gasteiger partial charge in [0.2, 0.25) is 0 Å². The molecule has 0 aliphatic heterocycles. The third kappa shape index (κ3) is 3.10. The summed E-state index contributed by atoms with van der Waals surface area (Å²) < 4.78 is 45.8. The number of hydrogen-bond acceptors (Lipinski definition) is 2. The van der Waals surface area contributed by atoms with Gasteiger partial charge >= 0.3 is 0 Å². The van der Waals surface area contributed by atoms with Crippen LogP contribution in [0, 0.1) is 17.5 Å². The highest BCUT2D eigenvalue weighted by Crippen LogP contribution is 2.30. The molecule has 2 nitrogen and oxygen atoms in total. The molecule has 104 valence electrons. The van der Waals surface area contributed by atoms with Crippen LogP contribution in [0.15, 0.2) is 34.8 Å². The van der Waals surface area contributed by atoms with Crippen LogP contribution in [-0.2, 0) is 0 Å². The van der Waals surface area contributed by atoms with Gasteiger partial charge in [0.1, 0.15) is 16.6 Å². The van der Waals surface area contributed by atoms with Crippen LogP contribution in [0.5, 0.6) is 11.5 Å². The lowest BCUT2D eigenvalue weighted by Gasteiger charge is -2.10. The molecule has 0 heterocycles. The maximum atomic E-state index is 13.8. The first-order chi connectivity index (χ1) is 9.38. The molecule has 0 spiro atoms. The van der Waals surface area contributed by atoms with Crippen LogP contribution < -0.4 is 10.5 Å². The summed E-state index contributed by atoms with van der Waals surface area (Å²) in [5.41, 5.74) is 5.36. The standard InChI is InChI=1S/C13H7BrF3NOS/c14-8-5-7(1-2-9(8)15)19-12-10(16)3-6(13(18)20)4-11(12)17/h1-5H,(H2,18,20). The lowest BCUT2D eigenvalue weighted by Crippen LogP contribution is -2.10. The largest absolute Gasteiger partial charge is 0.451 e. The average molecular weight is 362 g/mol. The summed E-state index contributed by atoms with van der Waals surface area (Å²) in [5.74, 6) is -2.94. The number of ether oxygens (including phenoxy) is 1. The van der Waals surface area contributed by atoms with Gasteiger partial charge in [0.15, 0.2) is 17.4 Å². The van der Waals surface area contributed by atoms with Crippen molar-refractivity contribution in [2.75, 3.05) is 0 Å². The van der Waals surface area contributed by atoms with Crippen molar-refractivity contribution in [1.29, 1.82) is 0 Å². The van der Waals surface area contributed by atoms with Crippen molar-refractivity contribution < 1.29 is 17.9 Å². The van der Waals surface area contributed by atoms with Gasteiger partial charge in [0.25, 0.3) is 0 Å². The molecular weight excluding hydrogens is 355 g/mol. The fraction of sp³-hybridized carbons (Fsp3) is 0. The molecule has 0 aliphatic carbocycles. The summed E-state index contributed by atoms with van der Waals surface area (Å²) in [7, 11) is 0. The van der Waals surface area contributed by atoms with Crippen LogP contribution in [0.1, 0.15) is 5.56 Å². The zero-order chi connectivity index (χ0) is 14.9. The third-order valence-electron chi connectivity index (χ3n) is 2.39. The quantitative estimate of drug-likeness (QED) is 0.828. The number of hydrogen-bond donors (Lipinski definition) is 1. The summed E-state index contributed by atoms with van der Waals surface area (Å²) in [4.78, 5) is -0.126. The Kier molecular flexibility index (Phi) is 4.29. The first-order valence-corrected chi connectivity index (χ1v) is 6.50. The molecule has 20 heavy (non-hydrogen) atoms. The van der Waals surface area contributed by atoms with Crippen molar-refractivity contribution >= 4 is 33.1 Å². The topological polar surface area (TPSA) is 35.2 Å². The molecule has 2 rings (SSSR count). The minimum Gasteiger partial charge on any atom is -0.451 e. The van der Waals surface area contributed by atoms with E-state index in [0.717, 1.165) is 18.2 Å². The van der Waals surface area contributed by atoms with Gasteiger partial charge in [-0.05, 0) is 46.3 Å². The van der Waals surface area contributed by atoms with E-state index in [0.29, 0.717) is 0 Å². The molecule has 0 radical (unpaired) electrons. The molecule has 2 aromatic rings. The predicted molar refractivity (Wildman–Crippen MR) is 76.4 cm³/mol. The van der Waals surface area contributed by atoms with Gasteiger partial charge in [0.05, 0.1) is 4.47 Å². The Morgan fingerprint density at radius 1 is 1.05 bits per heavy atom. The fourth-order valence-corrected chi connectivity index (χ4v) is 1.93. The van der Waals surface area contributed by atoms with Crippen molar-refractivity contribution in [2.24, 2.45) is 5.73 Å². The maximum absolute atomic E-state index is 13.8. The number of halogens is 4. The molecule has 0 unspecified atom stereocenters. The number of benzene rings is 2. The summed E-state index contributed by atoms with van der Waals surface area (Å²) >= 11 is 7.59. The predicted octanol–water partition coefficient (Wildman–Crippen LogP) is 4.29. The smallest absolute Gasteiger partial charge is 0.198 e. The van der Waals surface area contributed by atoms with E-state index in [2.05, 4.69) is 28.1 Å². The van der Waals surface area contributed by atoms with E-state index in [1.165, 1.54) is 12.1 Å². The van der Waals surface area contributed by atoms with Crippen molar-refractivity contribution in [3.05, 3.63) is 57.8 Å². The van der Waals surface area contributed by atoms with Crippen LogP contribution >= 0.6 is 28.1 Å². The zero-order valence-electron chi connectivity index (χ0n) is 9.79. The first-order valence-electron chi connectivity index (χ1n) is 5.30. The van der Waals surface area contributed by atoms with Gasteiger partial charge in [-0.3, -0.25) is 0 Å². The van der Waals surface area contributed by atoms with Gasteiger partial charge < -0.3 is 10.5 Å². The Labute approximate surface area is 126 Å². The second-order valence-electron chi connectivity index (χ2n) is 3.81. The van der Waals surface area contributed by atoms with E-state index in [1.807, 2.05) is 0 Å². The van der Waals surface area contributed by atoms with Crippen LogP contribution in [0.25, 0.3) is 0 Å². The molecule has 0 saturated heterocycles. The van der Waals surface area contributed by atoms with Crippen LogP contribution in [0.4, 0.5) is 13.2 Å². The molecule has 0 aromatic heterocycles. The second kappa shape index (κ2) is 5.80. The van der Waals surface area contributed by atoms with Gasteiger partial charge in [0, 0.05) is 5.56 Å². The number of thiocarbonyl (C=S) groups is 1. The average Bonchev–Trinajstić information content (AvgIpc) is 2.37. The van der Waals surface area contributed by atoms with Crippen molar-refractivity contribution in [1.82, 2.24) is 0 Å². The molecule has 0 amide bonds. The van der Waals surface area contributed by atoms with E-state index < -0.39 is 23.2 Å². The van der Waals surface area contributed by atoms with E-state index in [-0.39, 0.29) is 20.8 Å². The van der Waals surface area contributed by atoms with Crippen LogP contribution in [0.2, 0.25) is 0 Å². The Morgan fingerprint density at radius 2 is 1.65 bits per heavy atom. The zero-order valence-corrected chi connectivity index (χ0v) is 12.2. The van der Waals surface area contributed by atoms with Crippen LogP contribution in [-0.4, -0.2) is 4.99 Å². The molecular formula is C13H7BrF3NOS. The molecule has 2 N–H and O–H groups in total. The highest BCUT2D eigenvalue weighted by Gasteiger charge is 2.15. The van der Waals surface area contributed by atoms with Gasteiger partial charge in [-0.2, -0.15) is 0 Å². The first kappa shape index (κ1) is 14.8. The van der Waals surface area contributed by atoms with Crippen LogP contribution in [0.3, 0.4) is 0 Å². The monoisotopic (exact) mass is 361 g/mol. The van der Waals surface area contributed by atoms with Crippen molar-refractivity contribution in [3.63, 3.8) is 0 Å². The lowest BCUT2D eigenvalue weighted by atomic mass is 10.2. The van der Waals surface area contributed by atoms with Crippen molar-refractivity contribution in [3.8, 4) is 11.5 Å². The minimum absolute atomic E-state index is 0.0580. The summed E-state index contributed by atoms with van der Waals surface area (Å²) in [6, 6.07) is 5.56. The normalized spacial score (nSPS) is 10.4. The van der Waals surface area contributed by atoms with Gasteiger partial charge in [-0.25, -0.2) is 13.2 Å². The van der Waals surface area contributed by atoms with Crippen molar-refractivity contribution in [2.45, 2.75) is 0 Å². The molecule has 0 atom stereocenters. The molecule has 0 aliphatic rings. The Balaban J connectivity index is 2.38. The Bertz CT molecular complexity index is 670. The lowest BCUT2D eigenvalue weighted by molar-refractivity contribution is 0.406. The summed E-state index contributed by atoms with van der Waals surface area (Å²) in [6.45, 7) is 0.